The Labute approximate surface area is 248 Å². The number of likely N-dealkylation sites (N-methyl/N-ethyl adjacent to an activating group) is 1. The molecular weight excluding hydrogens is 559 g/mol. The first kappa shape index (κ1) is 28.1. The van der Waals surface area contributed by atoms with Crippen LogP contribution in [-0.4, -0.2) is 77.6 Å². The molecule has 0 spiro atoms. The fourth-order valence-corrected chi connectivity index (χ4v) is 5.93. The van der Waals surface area contributed by atoms with E-state index >= 15 is 0 Å². The summed E-state index contributed by atoms with van der Waals surface area (Å²) in [5.74, 6) is 0.395. The predicted octanol–water partition coefficient (Wildman–Crippen LogP) is 5.65. The summed E-state index contributed by atoms with van der Waals surface area (Å²) in [5.41, 5.74) is 3.75. The highest BCUT2D eigenvalue weighted by molar-refractivity contribution is 6.31. The molecular formula is C32H32ClFN4O4. The van der Waals surface area contributed by atoms with Gasteiger partial charge >= 0.3 is 6.09 Å². The molecule has 0 saturated carbocycles. The van der Waals surface area contributed by atoms with E-state index < -0.39 is 18.0 Å². The lowest BCUT2D eigenvalue weighted by atomic mass is 9.92. The number of aromatic nitrogens is 1. The van der Waals surface area contributed by atoms with Crippen LogP contribution >= 0.6 is 11.6 Å². The number of halogens is 2. The van der Waals surface area contributed by atoms with Gasteiger partial charge in [0.1, 0.15) is 23.4 Å². The van der Waals surface area contributed by atoms with Crippen molar-refractivity contribution in [1.82, 2.24) is 19.7 Å². The van der Waals surface area contributed by atoms with Crippen molar-refractivity contribution in [3.05, 3.63) is 94.4 Å². The van der Waals surface area contributed by atoms with Gasteiger partial charge in [-0.2, -0.15) is 0 Å². The van der Waals surface area contributed by atoms with E-state index in [0.717, 1.165) is 47.4 Å². The van der Waals surface area contributed by atoms with Crippen LogP contribution in [0.4, 0.5) is 9.18 Å². The molecule has 8 nitrogen and oxygen atoms in total. The summed E-state index contributed by atoms with van der Waals surface area (Å²) in [4.78, 5) is 35.5. The fraction of sp³-hybridized carbons (Fsp3) is 0.312. The van der Waals surface area contributed by atoms with Gasteiger partial charge in [0, 0.05) is 54.3 Å². The molecule has 1 unspecified atom stereocenters. The summed E-state index contributed by atoms with van der Waals surface area (Å²) in [7, 11) is 0. The maximum atomic E-state index is 13.5. The normalized spacial score (nSPS) is 17.3. The van der Waals surface area contributed by atoms with Crippen LogP contribution in [0.1, 0.15) is 29.8 Å². The lowest BCUT2D eigenvalue weighted by Gasteiger charge is -2.35. The van der Waals surface area contributed by atoms with E-state index in [0.29, 0.717) is 36.8 Å². The molecule has 3 heterocycles. The Hall–Kier alpha value is -4.08. The van der Waals surface area contributed by atoms with Crippen molar-refractivity contribution < 1.29 is 23.5 Å². The maximum absolute atomic E-state index is 13.5. The zero-order valence-electron chi connectivity index (χ0n) is 23.3. The number of benzene rings is 3. The molecule has 2 aliphatic heterocycles. The minimum Gasteiger partial charge on any atom is -0.484 e. The Morgan fingerprint density at radius 1 is 0.952 bits per heavy atom. The third kappa shape index (κ3) is 5.80. The van der Waals surface area contributed by atoms with Gasteiger partial charge in [-0.25, -0.2) is 9.18 Å². The van der Waals surface area contributed by atoms with Crippen molar-refractivity contribution in [1.29, 1.82) is 0 Å². The first-order chi connectivity index (χ1) is 20.4. The van der Waals surface area contributed by atoms with Crippen LogP contribution in [-0.2, 0) is 11.2 Å². The quantitative estimate of drug-likeness (QED) is 0.314. The van der Waals surface area contributed by atoms with Gasteiger partial charge in [0.25, 0.3) is 5.91 Å². The van der Waals surface area contributed by atoms with E-state index in [1.807, 2.05) is 47.4 Å². The smallest absolute Gasteiger partial charge is 0.416 e. The molecule has 2 amide bonds. The first-order valence-electron chi connectivity index (χ1n) is 14.2. The second kappa shape index (κ2) is 12.0. The number of piperazine rings is 1. The summed E-state index contributed by atoms with van der Waals surface area (Å²) in [6, 6.07) is 18.0. The number of hydrogen-bond acceptors (Lipinski definition) is 5. The van der Waals surface area contributed by atoms with Gasteiger partial charge in [0.05, 0.1) is 0 Å². The molecule has 3 aromatic carbocycles. The highest BCUT2D eigenvalue weighted by Crippen LogP contribution is 2.40. The van der Waals surface area contributed by atoms with Crippen LogP contribution in [0.15, 0.2) is 66.7 Å². The summed E-state index contributed by atoms with van der Waals surface area (Å²) in [6.45, 7) is 6.66. The van der Waals surface area contributed by atoms with Crippen molar-refractivity contribution in [2.24, 2.45) is 0 Å². The van der Waals surface area contributed by atoms with Crippen LogP contribution in [0.3, 0.4) is 0 Å². The van der Waals surface area contributed by atoms with Gasteiger partial charge in [0.2, 0.25) is 0 Å². The number of H-pyrrole nitrogens is 1. The summed E-state index contributed by atoms with van der Waals surface area (Å²) in [6.07, 6.45) is 0.0728. The molecule has 1 fully saturated rings. The van der Waals surface area contributed by atoms with Crippen molar-refractivity contribution >= 4 is 34.5 Å². The number of rotatable bonds is 6. The number of amides is 2. The van der Waals surface area contributed by atoms with Gasteiger partial charge in [-0.1, -0.05) is 30.7 Å². The van der Waals surface area contributed by atoms with Crippen LogP contribution in [0.2, 0.25) is 5.02 Å². The third-order valence-electron chi connectivity index (χ3n) is 8.07. The highest BCUT2D eigenvalue weighted by atomic mass is 35.5. The summed E-state index contributed by atoms with van der Waals surface area (Å²) < 4.78 is 24.9. The molecule has 2 aliphatic rings. The SMILES string of the molecule is CCN1CCN(C(=O)COc2ccc(C3c4[nH]c5ccc(Cl)cc5c4CCN3C(=O)Oc3ccc(F)cc3)cc2)CC1. The number of nitrogens with one attached hydrogen (secondary N) is 1. The molecule has 0 radical (unpaired) electrons. The molecule has 4 aromatic rings. The number of carbonyl (C=O) groups excluding carboxylic acids is 2. The molecule has 42 heavy (non-hydrogen) atoms. The zero-order valence-corrected chi connectivity index (χ0v) is 24.1. The Morgan fingerprint density at radius 2 is 1.67 bits per heavy atom. The fourth-order valence-electron chi connectivity index (χ4n) is 5.76. The Morgan fingerprint density at radius 3 is 2.38 bits per heavy atom. The number of aromatic amines is 1. The Balaban J connectivity index is 1.23. The van der Waals surface area contributed by atoms with Crippen LogP contribution in [0.5, 0.6) is 11.5 Å². The second-order valence-corrected chi connectivity index (χ2v) is 11.0. The van der Waals surface area contributed by atoms with E-state index in [9.17, 15) is 14.0 Å². The van der Waals surface area contributed by atoms with Crippen LogP contribution in [0, 0.1) is 5.82 Å². The average Bonchev–Trinajstić information content (AvgIpc) is 3.38. The molecule has 1 saturated heterocycles. The summed E-state index contributed by atoms with van der Waals surface area (Å²) in [5, 5.41) is 1.66. The first-order valence-corrected chi connectivity index (χ1v) is 14.5. The third-order valence-corrected chi connectivity index (χ3v) is 8.31. The minimum absolute atomic E-state index is 0.0294. The van der Waals surface area contributed by atoms with Gasteiger partial charge in [-0.05, 0) is 78.7 Å². The maximum Gasteiger partial charge on any atom is 0.416 e. The van der Waals surface area contributed by atoms with Crippen LogP contribution in [0.25, 0.3) is 10.9 Å². The molecule has 10 heteroatoms. The van der Waals surface area contributed by atoms with E-state index in [2.05, 4.69) is 16.8 Å². The van der Waals surface area contributed by atoms with Gasteiger partial charge in [0.15, 0.2) is 6.61 Å². The predicted molar refractivity (Wildman–Crippen MR) is 159 cm³/mol. The van der Waals surface area contributed by atoms with Crippen molar-refractivity contribution in [2.45, 2.75) is 19.4 Å². The number of fused-ring (bicyclic) bond motifs is 3. The van der Waals surface area contributed by atoms with Crippen LogP contribution < -0.4 is 9.47 Å². The van der Waals surface area contributed by atoms with E-state index in [4.69, 9.17) is 21.1 Å². The summed E-state index contributed by atoms with van der Waals surface area (Å²) >= 11 is 6.32. The largest absolute Gasteiger partial charge is 0.484 e. The van der Waals surface area contributed by atoms with E-state index in [1.54, 1.807) is 4.90 Å². The van der Waals surface area contributed by atoms with Gasteiger partial charge < -0.3 is 24.3 Å². The van der Waals surface area contributed by atoms with E-state index in [1.165, 1.54) is 24.3 Å². The minimum atomic E-state index is -0.539. The molecule has 1 N–H and O–H groups in total. The molecule has 1 aromatic heterocycles. The lowest BCUT2D eigenvalue weighted by molar-refractivity contribution is -0.135. The average molecular weight is 591 g/mol. The molecule has 218 valence electrons. The monoisotopic (exact) mass is 590 g/mol. The number of carbonyl (C=O) groups is 2. The van der Waals surface area contributed by atoms with Gasteiger partial charge in [-0.3, -0.25) is 9.69 Å². The molecule has 6 rings (SSSR count). The van der Waals surface area contributed by atoms with E-state index in [-0.39, 0.29) is 18.3 Å². The molecule has 0 aliphatic carbocycles. The van der Waals surface area contributed by atoms with Crippen molar-refractivity contribution in [3.63, 3.8) is 0 Å². The number of ether oxygens (including phenoxy) is 2. The number of nitrogens with zero attached hydrogens (tertiary/aromatic N) is 3. The Kier molecular flexibility index (Phi) is 8.04. The zero-order chi connectivity index (χ0) is 29.2. The van der Waals surface area contributed by atoms with Gasteiger partial charge in [-0.15, -0.1) is 0 Å². The number of hydrogen-bond donors (Lipinski definition) is 1. The topological polar surface area (TPSA) is 78.1 Å². The van der Waals surface area contributed by atoms with Crippen molar-refractivity contribution in [3.8, 4) is 11.5 Å². The van der Waals surface area contributed by atoms with Crippen molar-refractivity contribution in [2.75, 3.05) is 45.9 Å². The highest BCUT2D eigenvalue weighted by Gasteiger charge is 2.36. The lowest BCUT2D eigenvalue weighted by Crippen LogP contribution is -2.49. The molecule has 1 atom stereocenters. The standard InChI is InChI=1S/C32H32ClFN4O4/c1-2-36-15-17-37(18-16-36)29(39)20-41-24-8-3-21(4-9-24)31-30-26(27-19-22(33)5-12-28(27)35-30)13-14-38(31)32(40)42-25-10-6-23(34)7-11-25/h3-12,19,31,35H,2,13-18,20H2,1H3. The second-order valence-electron chi connectivity index (χ2n) is 10.5. The molecule has 0 bridgehead atoms. The Bertz CT molecular complexity index is 1580.